The molecule has 0 aliphatic carbocycles. The monoisotopic (exact) mass is 417 g/mol. The number of ether oxygens (including phenoxy) is 1. The standard InChI is InChI=1S/C26H31N3O2/c1-5-27(18-20-11-7-6-8-12-20)26(30)24-17-23-25(28(24)15-16-31-4)21-13-9-10-14-22(21)29(23)19(2)3/h6-14,17,19H,5,15-16,18H2,1-4H3. The fourth-order valence-corrected chi connectivity index (χ4v) is 4.46. The van der Waals surface area contributed by atoms with Crippen molar-refractivity contribution in [3.63, 3.8) is 0 Å². The van der Waals surface area contributed by atoms with Gasteiger partial charge in [0.1, 0.15) is 5.69 Å². The Hall–Kier alpha value is -3.05. The predicted molar refractivity (Wildman–Crippen MR) is 127 cm³/mol. The molecular formula is C26H31N3O2. The zero-order valence-electron chi connectivity index (χ0n) is 18.8. The van der Waals surface area contributed by atoms with Crippen LogP contribution >= 0.6 is 0 Å². The average Bonchev–Trinajstić information content (AvgIpc) is 3.30. The van der Waals surface area contributed by atoms with Gasteiger partial charge in [0.2, 0.25) is 0 Å². The summed E-state index contributed by atoms with van der Waals surface area (Å²) in [4.78, 5) is 15.6. The van der Waals surface area contributed by atoms with Gasteiger partial charge in [0.25, 0.3) is 5.91 Å². The summed E-state index contributed by atoms with van der Waals surface area (Å²) in [7, 11) is 1.70. The van der Waals surface area contributed by atoms with Gasteiger partial charge in [-0.1, -0.05) is 48.5 Å². The largest absolute Gasteiger partial charge is 0.383 e. The summed E-state index contributed by atoms with van der Waals surface area (Å²) in [6, 6.07) is 21.0. The number of rotatable bonds is 8. The number of methoxy groups -OCH3 is 1. The maximum Gasteiger partial charge on any atom is 0.270 e. The minimum atomic E-state index is 0.0537. The molecule has 4 aromatic rings. The highest BCUT2D eigenvalue weighted by Gasteiger charge is 2.25. The van der Waals surface area contributed by atoms with Crippen molar-refractivity contribution in [2.24, 2.45) is 0 Å². The highest BCUT2D eigenvalue weighted by molar-refractivity contribution is 6.10. The van der Waals surface area contributed by atoms with E-state index < -0.39 is 0 Å². The molecule has 0 radical (unpaired) electrons. The molecule has 0 atom stereocenters. The van der Waals surface area contributed by atoms with E-state index in [2.05, 4.69) is 65.4 Å². The molecule has 0 unspecified atom stereocenters. The molecule has 0 aliphatic rings. The molecule has 0 spiro atoms. The van der Waals surface area contributed by atoms with E-state index in [9.17, 15) is 4.79 Å². The van der Waals surface area contributed by atoms with Gasteiger partial charge in [0.05, 0.1) is 23.2 Å². The lowest BCUT2D eigenvalue weighted by Gasteiger charge is -2.22. The van der Waals surface area contributed by atoms with Crippen molar-refractivity contribution in [2.45, 2.75) is 39.9 Å². The minimum Gasteiger partial charge on any atom is -0.383 e. The molecule has 2 heterocycles. The van der Waals surface area contributed by atoms with E-state index in [0.717, 1.165) is 22.3 Å². The van der Waals surface area contributed by atoms with E-state index in [1.54, 1.807) is 7.11 Å². The molecule has 0 bridgehead atoms. The SMILES string of the molecule is CCN(Cc1ccccc1)C(=O)c1cc2c(c3ccccc3n2C(C)C)n1CCOC. The summed E-state index contributed by atoms with van der Waals surface area (Å²) in [6.07, 6.45) is 0. The first-order valence-electron chi connectivity index (χ1n) is 11.0. The van der Waals surface area contributed by atoms with Gasteiger partial charge in [-0.25, -0.2) is 0 Å². The van der Waals surface area contributed by atoms with Crippen LogP contribution in [0.3, 0.4) is 0 Å². The second-order valence-electron chi connectivity index (χ2n) is 8.19. The summed E-state index contributed by atoms with van der Waals surface area (Å²) in [5.41, 5.74) is 5.27. The molecule has 0 N–H and O–H groups in total. The van der Waals surface area contributed by atoms with Crippen LogP contribution in [0.5, 0.6) is 0 Å². The Morgan fingerprint density at radius 2 is 1.74 bits per heavy atom. The number of hydrogen-bond acceptors (Lipinski definition) is 2. The molecular weight excluding hydrogens is 386 g/mol. The van der Waals surface area contributed by atoms with Crippen LogP contribution in [0.4, 0.5) is 0 Å². The second-order valence-corrected chi connectivity index (χ2v) is 8.19. The van der Waals surface area contributed by atoms with E-state index in [0.29, 0.717) is 26.2 Å². The van der Waals surface area contributed by atoms with Crippen molar-refractivity contribution in [1.29, 1.82) is 0 Å². The van der Waals surface area contributed by atoms with Gasteiger partial charge in [0.15, 0.2) is 0 Å². The van der Waals surface area contributed by atoms with Crippen molar-refractivity contribution in [2.75, 3.05) is 20.3 Å². The lowest BCUT2D eigenvalue weighted by molar-refractivity contribution is 0.0740. The molecule has 0 aliphatic heterocycles. The number of para-hydroxylation sites is 1. The zero-order chi connectivity index (χ0) is 22.0. The normalized spacial score (nSPS) is 11.6. The Morgan fingerprint density at radius 3 is 2.42 bits per heavy atom. The van der Waals surface area contributed by atoms with Gasteiger partial charge < -0.3 is 18.8 Å². The van der Waals surface area contributed by atoms with Crippen LogP contribution in [0.1, 0.15) is 42.9 Å². The smallest absolute Gasteiger partial charge is 0.270 e. The first-order valence-corrected chi connectivity index (χ1v) is 11.0. The number of aromatic nitrogens is 2. The van der Waals surface area contributed by atoms with Gasteiger partial charge in [-0.15, -0.1) is 0 Å². The van der Waals surface area contributed by atoms with Crippen molar-refractivity contribution in [3.8, 4) is 0 Å². The molecule has 31 heavy (non-hydrogen) atoms. The van der Waals surface area contributed by atoms with Gasteiger partial charge in [-0.3, -0.25) is 4.79 Å². The van der Waals surface area contributed by atoms with Crippen LogP contribution in [0.15, 0.2) is 60.7 Å². The molecule has 0 saturated carbocycles. The van der Waals surface area contributed by atoms with Crippen LogP contribution in [0.2, 0.25) is 0 Å². The first kappa shape index (κ1) is 21.2. The minimum absolute atomic E-state index is 0.0537. The van der Waals surface area contributed by atoms with Crippen LogP contribution in [0, 0.1) is 0 Å². The lowest BCUT2D eigenvalue weighted by atomic mass is 10.2. The Bertz CT molecular complexity index is 1190. The number of nitrogens with zero attached hydrogens (tertiary/aromatic N) is 3. The van der Waals surface area contributed by atoms with Crippen molar-refractivity contribution in [3.05, 3.63) is 71.9 Å². The van der Waals surface area contributed by atoms with Crippen molar-refractivity contribution < 1.29 is 9.53 Å². The highest BCUT2D eigenvalue weighted by Crippen LogP contribution is 2.34. The lowest BCUT2D eigenvalue weighted by Crippen LogP contribution is -2.32. The van der Waals surface area contributed by atoms with E-state index in [1.165, 1.54) is 10.9 Å². The van der Waals surface area contributed by atoms with Gasteiger partial charge in [0, 0.05) is 38.2 Å². The number of fused-ring (bicyclic) bond motifs is 3. The van der Waals surface area contributed by atoms with Crippen molar-refractivity contribution >= 4 is 27.8 Å². The molecule has 1 amide bonds. The summed E-state index contributed by atoms with van der Waals surface area (Å²) in [5.74, 6) is 0.0537. The maximum atomic E-state index is 13.7. The van der Waals surface area contributed by atoms with Gasteiger partial charge in [-0.2, -0.15) is 0 Å². The summed E-state index contributed by atoms with van der Waals surface area (Å²) in [5, 5.41) is 1.17. The molecule has 2 aromatic carbocycles. The number of benzene rings is 2. The highest BCUT2D eigenvalue weighted by atomic mass is 16.5. The van der Waals surface area contributed by atoms with Gasteiger partial charge >= 0.3 is 0 Å². The van der Waals surface area contributed by atoms with Crippen LogP contribution < -0.4 is 0 Å². The van der Waals surface area contributed by atoms with E-state index >= 15 is 0 Å². The third kappa shape index (κ3) is 3.86. The number of hydrogen-bond donors (Lipinski definition) is 0. The molecule has 5 heteroatoms. The zero-order valence-corrected chi connectivity index (χ0v) is 18.8. The Labute approximate surface area is 183 Å². The summed E-state index contributed by atoms with van der Waals surface area (Å²) < 4.78 is 9.88. The molecule has 5 nitrogen and oxygen atoms in total. The fourth-order valence-electron chi connectivity index (χ4n) is 4.46. The quantitative estimate of drug-likeness (QED) is 0.380. The van der Waals surface area contributed by atoms with E-state index in [1.807, 2.05) is 30.0 Å². The second kappa shape index (κ2) is 8.98. The Morgan fingerprint density at radius 1 is 1.03 bits per heavy atom. The number of carbonyl (C=O) groups excluding carboxylic acids is 1. The topological polar surface area (TPSA) is 39.4 Å². The number of carbonyl (C=O) groups is 1. The first-order chi connectivity index (χ1) is 15.1. The Balaban J connectivity index is 1.86. The van der Waals surface area contributed by atoms with Crippen LogP contribution in [0.25, 0.3) is 21.9 Å². The molecule has 0 fully saturated rings. The van der Waals surface area contributed by atoms with E-state index in [-0.39, 0.29) is 11.9 Å². The third-order valence-corrected chi connectivity index (χ3v) is 5.89. The molecule has 162 valence electrons. The molecule has 4 rings (SSSR count). The summed E-state index contributed by atoms with van der Waals surface area (Å²) >= 11 is 0. The number of amides is 1. The van der Waals surface area contributed by atoms with Gasteiger partial charge in [-0.05, 0) is 38.5 Å². The summed E-state index contributed by atoms with van der Waals surface area (Å²) in [6.45, 7) is 8.85. The van der Waals surface area contributed by atoms with Crippen LogP contribution in [-0.2, 0) is 17.8 Å². The van der Waals surface area contributed by atoms with E-state index in [4.69, 9.17) is 4.74 Å². The Kier molecular flexibility index (Phi) is 6.14. The predicted octanol–water partition coefficient (Wildman–Crippen LogP) is 5.49. The third-order valence-electron chi connectivity index (χ3n) is 5.89. The fraction of sp³-hybridized carbons (Fsp3) is 0.346. The van der Waals surface area contributed by atoms with Crippen molar-refractivity contribution in [1.82, 2.24) is 14.0 Å². The molecule has 0 saturated heterocycles. The average molecular weight is 418 g/mol. The molecule has 2 aromatic heterocycles. The maximum absolute atomic E-state index is 13.7. The van der Waals surface area contributed by atoms with Crippen LogP contribution in [-0.4, -0.2) is 40.2 Å².